The normalized spacial score (nSPS) is 11.6. The average Bonchev–Trinajstić information content (AvgIpc) is 3.12. The topological polar surface area (TPSA) is 59.4 Å². The van der Waals surface area contributed by atoms with Crippen LogP contribution in [0.3, 0.4) is 0 Å². The van der Waals surface area contributed by atoms with Crippen LogP contribution < -0.4 is 4.74 Å². The first-order valence-electron chi connectivity index (χ1n) is 9.71. The van der Waals surface area contributed by atoms with Crippen molar-refractivity contribution in [3.63, 3.8) is 0 Å². The molecule has 4 rings (SSSR count). The largest absolute Gasteiger partial charge is 0.487 e. The third kappa shape index (κ3) is 4.60. The fraction of sp³-hybridized carbons (Fsp3) is 0.167. The molecule has 3 aromatic carbocycles. The van der Waals surface area contributed by atoms with E-state index in [1.807, 2.05) is 37.3 Å². The minimum atomic E-state index is -4.39. The van der Waals surface area contributed by atoms with Gasteiger partial charge in [0.05, 0.1) is 22.6 Å². The van der Waals surface area contributed by atoms with Gasteiger partial charge in [0, 0.05) is 16.5 Å². The number of fused-ring (bicyclic) bond motifs is 1. The molecule has 1 N–H and O–H groups in total. The van der Waals surface area contributed by atoms with E-state index in [0.717, 1.165) is 27.8 Å². The highest BCUT2D eigenvalue weighted by atomic mass is 32.1. The van der Waals surface area contributed by atoms with Crippen molar-refractivity contribution in [3.05, 3.63) is 82.4 Å². The zero-order valence-corrected chi connectivity index (χ0v) is 17.8. The Bertz CT molecular complexity index is 1280. The number of nitrogens with zero attached hydrogens (tertiary/aromatic N) is 1. The van der Waals surface area contributed by atoms with Gasteiger partial charge in [-0.25, -0.2) is 4.98 Å². The fourth-order valence-corrected chi connectivity index (χ4v) is 4.37. The molecule has 32 heavy (non-hydrogen) atoms. The number of aryl methyl sites for hydroxylation is 1. The first kappa shape index (κ1) is 21.8. The quantitative estimate of drug-likeness (QED) is 0.359. The monoisotopic (exact) mass is 457 g/mol. The van der Waals surface area contributed by atoms with Gasteiger partial charge >= 0.3 is 12.1 Å². The summed E-state index contributed by atoms with van der Waals surface area (Å²) in [5.41, 5.74) is 1.17. The zero-order valence-electron chi connectivity index (χ0n) is 16.9. The molecule has 0 bridgehead atoms. The summed E-state index contributed by atoms with van der Waals surface area (Å²) >= 11 is 1.34. The second-order valence-electron chi connectivity index (χ2n) is 7.24. The predicted molar refractivity (Wildman–Crippen MR) is 117 cm³/mol. The molecule has 0 radical (unpaired) electrons. The first-order chi connectivity index (χ1) is 15.2. The van der Waals surface area contributed by atoms with Gasteiger partial charge in [-0.2, -0.15) is 13.2 Å². The number of aliphatic carboxylic acids is 1. The standard InChI is InChI=1S/C24H18F3NO3S/c1-14-20(32-23(28-14)16-8-10-18(11-9-16)24(25,26)27)13-31-22-17(12-21(29)30)7-6-15-4-2-3-5-19(15)22/h2-11H,12-13H2,1H3,(H,29,30). The van der Waals surface area contributed by atoms with Gasteiger partial charge in [-0.3, -0.25) is 4.79 Å². The van der Waals surface area contributed by atoms with E-state index >= 15 is 0 Å². The van der Waals surface area contributed by atoms with Crippen molar-refractivity contribution in [2.45, 2.75) is 26.1 Å². The smallest absolute Gasteiger partial charge is 0.416 e. The number of benzene rings is 3. The lowest BCUT2D eigenvalue weighted by Crippen LogP contribution is -2.04. The van der Waals surface area contributed by atoms with E-state index in [1.165, 1.54) is 23.5 Å². The minimum absolute atomic E-state index is 0.168. The molecule has 1 aromatic heterocycles. The molecular weight excluding hydrogens is 439 g/mol. The van der Waals surface area contributed by atoms with Crippen molar-refractivity contribution in [1.29, 1.82) is 0 Å². The Morgan fingerprint density at radius 1 is 1.06 bits per heavy atom. The molecule has 164 valence electrons. The van der Waals surface area contributed by atoms with Crippen molar-refractivity contribution in [1.82, 2.24) is 4.98 Å². The van der Waals surface area contributed by atoms with Crippen LogP contribution in [0.5, 0.6) is 5.75 Å². The summed E-state index contributed by atoms with van der Waals surface area (Å²) in [5, 5.41) is 11.6. The molecule has 0 saturated heterocycles. The molecule has 0 fully saturated rings. The molecule has 8 heteroatoms. The molecule has 0 unspecified atom stereocenters. The van der Waals surface area contributed by atoms with Crippen LogP contribution >= 0.6 is 11.3 Å². The fourth-order valence-electron chi connectivity index (χ4n) is 3.39. The average molecular weight is 457 g/mol. The Labute approximate surface area is 185 Å². The second-order valence-corrected chi connectivity index (χ2v) is 8.32. The highest BCUT2D eigenvalue weighted by Crippen LogP contribution is 2.35. The van der Waals surface area contributed by atoms with E-state index < -0.39 is 17.7 Å². The van der Waals surface area contributed by atoms with Crippen LogP contribution in [0.15, 0.2) is 60.7 Å². The molecule has 0 aliphatic carbocycles. The van der Waals surface area contributed by atoms with Crippen LogP contribution in [0.2, 0.25) is 0 Å². The molecule has 0 aliphatic rings. The van der Waals surface area contributed by atoms with E-state index in [2.05, 4.69) is 4.98 Å². The summed E-state index contributed by atoms with van der Waals surface area (Å²) in [4.78, 5) is 16.6. The van der Waals surface area contributed by atoms with Gasteiger partial charge in [-0.05, 0) is 24.4 Å². The third-order valence-electron chi connectivity index (χ3n) is 5.00. The van der Waals surface area contributed by atoms with Gasteiger partial charge < -0.3 is 9.84 Å². The molecule has 0 atom stereocenters. The maximum atomic E-state index is 12.8. The van der Waals surface area contributed by atoms with Gasteiger partial charge in [0.1, 0.15) is 17.4 Å². The lowest BCUT2D eigenvalue weighted by atomic mass is 10.0. The summed E-state index contributed by atoms with van der Waals surface area (Å²) in [5.74, 6) is -0.446. The highest BCUT2D eigenvalue weighted by Gasteiger charge is 2.30. The number of hydrogen-bond donors (Lipinski definition) is 1. The van der Waals surface area contributed by atoms with Crippen LogP contribution in [0.1, 0.15) is 21.7 Å². The van der Waals surface area contributed by atoms with Crippen LogP contribution in [-0.2, 0) is 24.0 Å². The van der Waals surface area contributed by atoms with Crippen molar-refractivity contribution in [2.75, 3.05) is 0 Å². The maximum Gasteiger partial charge on any atom is 0.416 e. The van der Waals surface area contributed by atoms with Crippen molar-refractivity contribution in [2.24, 2.45) is 0 Å². The molecule has 0 amide bonds. The number of rotatable bonds is 6. The zero-order chi connectivity index (χ0) is 22.9. The number of carboxylic acid groups (broad SMARTS) is 1. The second kappa shape index (κ2) is 8.63. The van der Waals surface area contributed by atoms with Gasteiger partial charge in [0.25, 0.3) is 0 Å². The Balaban J connectivity index is 1.61. The molecule has 0 aliphatic heterocycles. The van der Waals surface area contributed by atoms with Gasteiger partial charge in [0.2, 0.25) is 0 Å². The minimum Gasteiger partial charge on any atom is -0.487 e. The number of hydrogen-bond acceptors (Lipinski definition) is 4. The van der Waals surface area contributed by atoms with Crippen molar-refractivity contribution < 1.29 is 27.8 Å². The van der Waals surface area contributed by atoms with Gasteiger partial charge in [0.15, 0.2) is 0 Å². The predicted octanol–water partition coefficient (Wildman–Crippen LogP) is 6.50. The Morgan fingerprint density at radius 3 is 2.47 bits per heavy atom. The number of halogens is 3. The van der Waals surface area contributed by atoms with E-state index in [-0.39, 0.29) is 13.0 Å². The molecule has 0 spiro atoms. The van der Waals surface area contributed by atoms with Crippen molar-refractivity contribution >= 4 is 28.1 Å². The summed E-state index contributed by atoms with van der Waals surface area (Å²) in [7, 11) is 0. The van der Waals surface area contributed by atoms with E-state index in [9.17, 15) is 23.1 Å². The summed E-state index contributed by atoms with van der Waals surface area (Å²) in [6.07, 6.45) is -4.55. The van der Waals surface area contributed by atoms with Gasteiger partial charge in [-0.15, -0.1) is 11.3 Å². The van der Waals surface area contributed by atoms with Gasteiger partial charge in [-0.1, -0.05) is 48.5 Å². The van der Waals surface area contributed by atoms with Crippen molar-refractivity contribution in [3.8, 4) is 16.3 Å². The van der Waals surface area contributed by atoms with Crippen LogP contribution in [0, 0.1) is 6.92 Å². The summed E-state index contributed by atoms with van der Waals surface area (Å²) in [6.45, 7) is 1.98. The molecular formula is C24H18F3NO3S. The Kier molecular flexibility index (Phi) is 5.88. The number of ether oxygens (including phenoxy) is 1. The number of thiazole rings is 1. The number of carbonyl (C=O) groups is 1. The van der Waals surface area contributed by atoms with Crippen LogP contribution in [-0.4, -0.2) is 16.1 Å². The van der Waals surface area contributed by atoms with E-state index in [0.29, 0.717) is 27.6 Å². The van der Waals surface area contributed by atoms with Crippen LogP contribution in [0.4, 0.5) is 13.2 Å². The molecule has 4 nitrogen and oxygen atoms in total. The van der Waals surface area contributed by atoms with Crippen LogP contribution in [0.25, 0.3) is 21.3 Å². The number of carboxylic acids is 1. The van der Waals surface area contributed by atoms with E-state index in [1.54, 1.807) is 6.07 Å². The number of aromatic nitrogens is 1. The molecule has 1 heterocycles. The Morgan fingerprint density at radius 2 is 1.78 bits per heavy atom. The lowest BCUT2D eigenvalue weighted by Gasteiger charge is -2.13. The third-order valence-corrected chi connectivity index (χ3v) is 6.18. The summed E-state index contributed by atoms with van der Waals surface area (Å²) in [6, 6.07) is 16.1. The maximum absolute atomic E-state index is 12.8. The first-order valence-corrected chi connectivity index (χ1v) is 10.5. The SMILES string of the molecule is Cc1nc(-c2ccc(C(F)(F)F)cc2)sc1COc1c(CC(=O)O)ccc2ccccc12. The Hall–Kier alpha value is -3.39. The molecule has 4 aromatic rings. The van der Waals surface area contributed by atoms with E-state index in [4.69, 9.17) is 4.74 Å². The summed E-state index contributed by atoms with van der Waals surface area (Å²) < 4.78 is 44.5. The highest BCUT2D eigenvalue weighted by molar-refractivity contribution is 7.15. The molecule has 0 saturated carbocycles. The lowest BCUT2D eigenvalue weighted by molar-refractivity contribution is -0.138. The number of alkyl halides is 3.